The first kappa shape index (κ1) is 17.6. The summed E-state index contributed by atoms with van der Waals surface area (Å²) >= 11 is 0. The number of nitro benzene ring substituents is 1. The van der Waals surface area contributed by atoms with Crippen molar-refractivity contribution >= 4 is 17.6 Å². The molecule has 136 valence electrons. The molecule has 0 saturated carbocycles. The molecule has 1 aliphatic heterocycles. The van der Waals surface area contributed by atoms with Crippen molar-refractivity contribution in [2.45, 2.75) is 13.3 Å². The van der Waals surface area contributed by atoms with Gasteiger partial charge in [-0.2, -0.15) is 5.10 Å². The zero-order chi connectivity index (χ0) is 18.8. The normalized spacial score (nSPS) is 20.0. The van der Waals surface area contributed by atoms with Gasteiger partial charge in [0, 0.05) is 31.4 Å². The van der Waals surface area contributed by atoms with Crippen molar-refractivity contribution in [2.75, 3.05) is 13.1 Å². The number of likely N-dealkylation sites (tertiary alicyclic amines) is 1. The minimum absolute atomic E-state index is 0.0208. The summed E-state index contributed by atoms with van der Waals surface area (Å²) in [4.78, 5) is 35.7. The van der Waals surface area contributed by atoms with Gasteiger partial charge >= 0.3 is 5.97 Å². The highest BCUT2D eigenvalue weighted by Crippen LogP contribution is 2.25. The van der Waals surface area contributed by atoms with E-state index in [0.717, 1.165) is 0 Å². The van der Waals surface area contributed by atoms with E-state index in [1.807, 2.05) is 6.92 Å². The van der Waals surface area contributed by atoms with E-state index in [-0.39, 0.29) is 17.5 Å². The molecule has 2 atom stereocenters. The van der Waals surface area contributed by atoms with Crippen LogP contribution in [0.2, 0.25) is 0 Å². The van der Waals surface area contributed by atoms with Crippen LogP contribution in [-0.2, 0) is 4.79 Å². The Morgan fingerprint density at radius 1 is 1.31 bits per heavy atom. The van der Waals surface area contributed by atoms with Crippen LogP contribution >= 0.6 is 0 Å². The lowest BCUT2D eigenvalue weighted by Gasteiger charge is -2.34. The summed E-state index contributed by atoms with van der Waals surface area (Å²) in [6.07, 6.45) is 3.44. The van der Waals surface area contributed by atoms with E-state index in [4.69, 9.17) is 0 Å². The van der Waals surface area contributed by atoms with E-state index < -0.39 is 16.8 Å². The highest BCUT2D eigenvalue weighted by molar-refractivity contribution is 5.94. The molecule has 1 aliphatic rings. The number of rotatable bonds is 4. The summed E-state index contributed by atoms with van der Waals surface area (Å²) in [5.74, 6) is -1.57. The number of amides is 1. The van der Waals surface area contributed by atoms with Gasteiger partial charge in [0.1, 0.15) is 0 Å². The number of carbonyl (C=O) groups is 2. The number of aliphatic carboxylic acids is 1. The third-order valence-electron chi connectivity index (χ3n) is 4.66. The smallest absolute Gasteiger partial charge is 0.306 e. The summed E-state index contributed by atoms with van der Waals surface area (Å²) < 4.78 is 1.48. The number of hydrogen-bond acceptors (Lipinski definition) is 5. The Bertz CT molecular complexity index is 845. The molecular weight excluding hydrogens is 340 g/mol. The fourth-order valence-corrected chi connectivity index (χ4v) is 3.18. The molecule has 0 aliphatic carbocycles. The minimum atomic E-state index is -0.824. The van der Waals surface area contributed by atoms with Gasteiger partial charge in [-0.15, -0.1) is 0 Å². The highest BCUT2D eigenvalue weighted by Gasteiger charge is 2.33. The van der Waals surface area contributed by atoms with Crippen molar-refractivity contribution in [1.82, 2.24) is 14.7 Å². The molecule has 9 nitrogen and oxygen atoms in total. The number of aromatic nitrogens is 2. The topological polar surface area (TPSA) is 119 Å². The van der Waals surface area contributed by atoms with Crippen molar-refractivity contribution in [3.05, 3.63) is 52.3 Å². The SMILES string of the molecule is CC1CN(C(=O)c2cnn(-c3ccc([N+](=O)[O-])cc3)c2)CCC1C(=O)O. The number of carbonyl (C=O) groups excluding carboxylic acids is 1. The van der Waals surface area contributed by atoms with Crippen LogP contribution in [0.5, 0.6) is 0 Å². The summed E-state index contributed by atoms with van der Waals surface area (Å²) in [6, 6.07) is 5.85. The van der Waals surface area contributed by atoms with Crippen molar-refractivity contribution < 1.29 is 19.6 Å². The lowest BCUT2D eigenvalue weighted by molar-refractivity contribution is -0.384. The molecule has 3 rings (SSSR count). The average molecular weight is 358 g/mol. The molecule has 26 heavy (non-hydrogen) atoms. The Morgan fingerprint density at radius 3 is 2.58 bits per heavy atom. The molecular formula is C17H18N4O5. The molecule has 1 N–H and O–H groups in total. The maximum absolute atomic E-state index is 12.6. The molecule has 1 aromatic carbocycles. The number of carboxylic acid groups (broad SMARTS) is 1. The highest BCUT2D eigenvalue weighted by atomic mass is 16.6. The fourth-order valence-electron chi connectivity index (χ4n) is 3.18. The second-order valence-corrected chi connectivity index (χ2v) is 6.41. The second-order valence-electron chi connectivity index (χ2n) is 6.41. The Morgan fingerprint density at radius 2 is 2.00 bits per heavy atom. The lowest BCUT2D eigenvalue weighted by Crippen LogP contribution is -2.44. The maximum atomic E-state index is 12.6. The van der Waals surface area contributed by atoms with E-state index in [9.17, 15) is 24.8 Å². The van der Waals surface area contributed by atoms with Crippen LogP contribution < -0.4 is 0 Å². The first-order valence-electron chi connectivity index (χ1n) is 8.18. The molecule has 1 fully saturated rings. The number of nitrogens with zero attached hydrogens (tertiary/aromatic N) is 4. The van der Waals surface area contributed by atoms with Crippen LogP contribution in [0.15, 0.2) is 36.7 Å². The number of hydrogen-bond donors (Lipinski definition) is 1. The molecule has 2 heterocycles. The minimum Gasteiger partial charge on any atom is -0.481 e. The van der Waals surface area contributed by atoms with Gasteiger partial charge in [-0.05, 0) is 24.5 Å². The molecule has 1 saturated heterocycles. The van der Waals surface area contributed by atoms with Crippen LogP contribution in [0.1, 0.15) is 23.7 Å². The number of nitro groups is 1. The zero-order valence-electron chi connectivity index (χ0n) is 14.1. The largest absolute Gasteiger partial charge is 0.481 e. The first-order valence-corrected chi connectivity index (χ1v) is 8.18. The van der Waals surface area contributed by atoms with Crippen molar-refractivity contribution in [3.8, 4) is 5.69 Å². The van der Waals surface area contributed by atoms with E-state index in [1.54, 1.807) is 23.2 Å². The second kappa shape index (κ2) is 6.95. The summed E-state index contributed by atoms with van der Waals surface area (Å²) in [7, 11) is 0. The quantitative estimate of drug-likeness (QED) is 0.659. The average Bonchev–Trinajstić information content (AvgIpc) is 3.10. The van der Waals surface area contributed by atoms with Gasteiger partial charge in [0.15, 0.2) is 0 Å². The number of piperidine rings is 1. The third kappa shape index (κ3) is 3.41. The number of carboxylic acids is 1. The molecule has 1 aromatic heterocycles. The molecule has 2 unspecified atom stereocenters. The standard InChI is InChI=1S/C17H18N4O5/c1-11-9-19(7-6-15(11)17(23)24)16(22)12-8-18-20(10-12)13-2-4-14(5-3-13)21(25)26/h2-5,8,10-11,15H,6-7,9H2,1H3,(H,23,24). The van der Waals surface area contributed by atoms with Gasteiger partial charge < -0.3 is 10.0 Å². The molecule has 9 heteroatoms. The monoisotopic (exact) mass is 358 g/mol. The summed E-state index contributed by atoms with van der Waals surface area (Å²) in [5, 5.41) is 24.0. The van der Waals surface area contributed by atoms with Gasteiger partial charge in [-0.1, -0.05) is 6.92 Å². The summed E-state index contributed by atoms with van der Waals surface area (Å²) in [5.41, 5.74) is 0.976. The van der Waals surface area contributed by atoms with Crippen LogP contribution in [-0.4, -0.2) is 49.7 Å². The predicted molar refractivity (Wildman–Crippen MR) is 91.0 cm³/mol. The van der Waals surface area contributed by atoms with E-state index in [2.05, 4.69) is 5.10 Å². The van der Waals surface area contributed by atoms with Gasteiger partial charge in [-0.3, -0.25) is 19.7 Å². The molecule has 2 aromatic rings. The molecule has 0 radical (unpaired) electrons. The van der Waals surface area contributed by atoms with Crippen molar-refractivity contribution in [1.29, 1.82) is 0 Å². The van der Waals surface area contributed by atoms with Crippen LogP contribution in [0.4, 0.5) is 5.69 Å². The fraction of sp³-hybridized carbons (Fsp3) is 0.353. The summed E-state index contributed by atoms with van der Waals surface area (Å²) in [6.45, 7) is 2.61. The van der Waals surface area contributed by atoms with E-state index in [0.29, 0.717) is 30.8 Å². The molecule has 0 bridgehead atoms. The van der Waals surface area contributed by atoms with Gasteiger partial charge in [-0.25, -0.2) is 4.68 Å². The van der Waals surface area contributed by atoms with Crippen molar-refractivity contribution in [2.24, 2.45) is 11.8 Å². The Hall–Kier alpha value is -3.23. The van der Waals surface area contributed by atoms with Crippen LogP contribution in [0, 0.1) is 22.0 Å². The lowest BCUT2D eigenvalue weighted by atomic mass is 9.87. The van der Waals surface area contributed by atoms with E-state index >= 15 is 0 Å². The zero-order valence-corrected chi connectivity index (χ0v) is 14.1. The maximum Gasteiger partial charge on any atom is 0.306 e. The Kier molecular flexibility index (Phi) is 4.70. The Labute approximate surface area is 149 Å². The van der Waals surface area contributed by atoms with Crippen LogP contribution in [0.25, 0.3) is 5.69 Å². The van der Waals surface area contributed by atoms with Gasteiger partial charge in [0.05, 0.1) is 28.3 Å². The number of non-ortho nitro benzene ring substituents is 1. The number of benzene rings is 1. The van der Waals surface area contributed by atoms with Gasteiger partial charge in [0.2, 0.25) is 0 Å². The van der Waals surface area contributed by atoms with Crippen LogP contribution in [0.3, 0.4) is 0 Å². The van der Waals surface area contributed by atoms with Gasteiger partial charge in [0.25, 0.3) is 11.6 Å². The predicted octanol–water partition coefficient (Wildman–Crippen LogP) is 1.96. The van der Waals surface area contributed by atoms with E-state index in [1.165, 1.54) is 23.0 Å². The third-order valence-corrected chi connectivity index (χ3v) is 4.66. The Balaban J connectivity index is 1.72. The molecule has 0 spiro atoms. The molecule has 1 amide bonds. The first-order chi connectivity index (χ1) is 12.4. The van der Waals surface area contributed by atoms with Crippen molar-refractivity contribution in [3.63, 3.8) is 0 Å².